The second-order valence-corrected chi connectivity index (χ2v) is 9.18. The van der Waals surface area contributed by atoms with Crippen LogP contribution in [0.25, 0.3) is 28.0 Å². The summed E-state index contributed by atoms with van der Waals surface area (Å²) in [6.45, 7) is 9.39. The average molecular weight is 524 g/mol. The van der Waals surface area contributed by atoms with E-state index in [2.05, 4.69) is 45.7 Å². The Morgan fingerprint density at radius 3 is 2.56 bits per heavy atom. The Kier molecular flexibility index (Phi) is 6.76. The zero-order valence-electron chi connectivity index (χ0n) is 21.6. The minimum absolute atomic E-state index is 0.0158. The minimum Gasteiger partial charge on any atom is -0.421 e. The molecule has 0 aliphatic heterocycles. The van der Waals surface area contributed by atoms with Crippen LogP contribution in [0.3, 0.4) is 0 Å². The Morgan fingerprint density at radius 2 is 1.90 bits per heavy atom. The van der Waals surface area contributed by atoms with Crippen LogP contribution >= 0.6 is 0 Å². The van der Waals surface area contributed by atoms with Crippen LogP contribution in [0.2, 0.25) is 0 Å². The number of hydrogen-bond acceptors (Lipinski definition) is 7. The third kappa shape index (κ3) is 4.91. The molecule has 39 heavy (non-hydrogen) atoms. The first-order chi connectivity index (χ1) is 18.8. The Hall–Kier alpha value is -5.12. The van der Waals surface area contributed by atoms with Crippen molar-refractivity contribution in [3.05, 3.63) is 90.8 Å². The van der Waals surface area contributed by atoms with Crippen LogP contribution in [0.15, 0.2) is 73.7 Å². The number of carbonyl (C=O) groups is 1. The molecule has 0 saturated heterocycles. The molecule has 2 aromatic carbocycles. The first-order valence-electron chi connectivity index (χ1n) is 12.2. The van der Waals surface area contributed by atoms with Crippen molar-refractivity contribution >= 4 is 28.4 Å². The summed E-state index contributed by atoms with van der Waals surface area (Å²) in [6.07, 6.45) is 4.18. The van der Waals surface area contributed by atoms with Crippen molar-refractivity contribution in [2.45, 2.75) is 26.7 Å². The number of aromatic nitrogens is 5. The summed E-state index contributed by atoms with van der Waals surface area (Å²) in [5.74, 6) is -0.620. The van der Waals surface area contributed by atoms with Crippen molar-refractivity contribution in [2.24, 2.45) is 0 Å². The van der Waals surface area contributed by atoms with Gasteiger partial charge in [0.2, 0.25) is 5.91 Å². The Balaban J connectivity index is 1.68. The lowest BCUT2D eigenvalue weighted by molar-refractivity contribution is -0.111. The highest BCUT2D eigenvalue weighted by Crippen LogP contribution is 2.41. The molecule has 0 atom stereocenters. The van der Waals surface area contributed by atoms with Crippen molar-refractivity contribution in [1.82, 2.24) is 24.5 Å². The number of fused-ring (bicyclic) bond motifs is 1. The highest BCUT2D eigenvalue weighted by Gasteiger charge is 2.25. The Labute approximate surface area is 224 Å². The second kappa shape index (κ2) is 10.3. The van der Waals surface area contributed by atoms with Crippen molar-refractivity contribution in [2.75, 3.05) is 11.1 Å². The molecule has 9 nitrogen and oxygen atoms in total. The topological polar surface area (TPSA) is 121 Å². The maximum Gasteiger partial charge on any atom is 0.322 e. The van der Waals surface area contributed by atoms with Gasteiger partial charge >= 0.3 is 6.01 Å². The third-order valence-electron chi connectivity index (χ3n) is 6.14. The van der Waals surface area contributed by atoms with Crippen LogP contribution in [-0.4, -0.2) is 30.4 Å². The molecule has 3 aromatic heterocycles. The van der Waals surface area contributed by atoms with Crippen LogP contribution in [0, 0.1) is 12.7 Å². The predicted molar refractivity (Wildman–Crippen MR) is 148 cm³/mol. The molecule has 1 amide bonds. The maximum atomic E-state index is 15.4. The molecule has 0 bridgehead atoms. The quantitative estimate of drug-likeness (QED) is 0.253. The van der Waals surface area contributed by atoms with E-state index >= 15 is 4.39 Å². The number of nitrogens with two attached hydrogens (primary N) is 1. The standard InChI is InChI=1S/C29H26FN7O2/c1-5-23(38)36-19-8-6-18(7-9-19)26-24(16(2)3)25-27(28(31)34-15-33-25)37(26)20-10-11-22(21(30)14-20)39-29-32-13-12-17(4)35-29/h5-16H,1H2,2-4H3,(H,36,38)(H2,31,33,34). The number of ether oxygens (including phenoxy) is 1. The first-order valence-corrected chi connectivity index (χ1v) is 12.2. The number of nitrogens with zero attached hydrogens (tertiary/aromatic N) is 5. The van der Waals surface area contributed by atoms with Crippen molar-refractivity contribution in [1.29, 1.82) is 0 Å². The highest BCUT2D eigenvalue weighted by atomic mass is 19.1. The van der Waals surface area contributed by atoms with Gasteiger partial charge in [0, 0.05) is 34.9 Å². The maximum absolute atomic E-state index is 15.4. The third-order valence-corrected chi connectivity index (χ3v) is 6.14. The summed E-state index contributed by atoms with van der Waals surface area (Å²) in [6, 6.07) is 13.7. The van der Waals surface area contributed by atoms with Crippen LogP contribution in [0.4, 0.5) is 15.9 Å². The molecule has 0 saturated carbocycles. The van der Waals surface area contributed by atoms with E-state index in [1.807, 2.05) is 16.7 Å². The van der Waals surface area contributed by atoms with Crippen LogP contribution in [0.5, 0.6) is 11.8 Å². The molecule has 10 heteroatoms. The minimum atomic E-state index is -0.602. The fourth-order valence-electron chi connectivity index (χ4n) is 4.43. The van der Waals surface area contributed by atoms with Gasteiger partial charge in [-0.05, 0) is 54.8 Å². The fourth-order valence-corrected chi connectivity index (χ4v) is 4.43. The number of amides is 1. The number of anilines is 2. The summed E-state index contributed by atoms with van der Waals surface area (Å²) >= 11 is 0. The zero-order valence-corrected chi connectivity index (χ0v) is 21.6. The van der Waals surface area contributed by atoms with Crippen LogP contribution in [0.1, 0.15) is 31.0 Å². The van der Waals surface area contributed by atoms with E-state index in [4.69, 9.17) is 10.5 Å². The van der Waals surface area contributed by atoms with Gasteiger partial charge in [-0.1, -0.05) is 32.6 Å². The molecule has 5 rings (SSSR count). The number of nitrogen functional groups attached to an aromatic ring is 1. The van der Waals surface area contributed by atoms with Gasteiger partial charge in [-0.3, -0.25) is 4.79 Å². The SMILES string of the molecule is C=CC(=O)Nc1ccc(-c2c(C(C)C)c3ncnc(N)c3n2-c2ccc(Oc3nccc(C)n3)c(F)c2)cc1. The molecule has 0 radical (unpaired) electrons. The van der Waals surface area contributed by atoms with Gasteiger partial charge in [0.05, 0.1) is 11.2 Å². The lowest BCUT2D eigenvalue weighted by Gasteiger charge is -2.16. The number of nitrogens with one attached hydrogen (secondary N) is 1. The molecular formula is C29H26FN7O2. The van der Waals surface area contributed by atoms with E-state index in [0.29, 0.717) is 28.1 Å². The van der Waals surface area contributed by atoms with Gasteiger partial charge in [0.15, 0.2) is 17.4 Å². The summed E-state index contributed by atoms with van der Waals surface area (Å²) in [5.41, 5.74) is 12.0. The van der Waals surface area contributed by atoms with E-state index in [1.165, 1.54) is 24.5 Å². The van der Waals surface area contributed by atoms with Gasteiger partial charge in [-0.2, -0.15) is 0 Å². The monoisotopic (exact) mass is 523 g/mol. The fraction of sp³-hybridized carbons (Fsp3) is 0.138. The zero-order chi connectivity index (χ0) is 27.7. The molecule has 0 unspecified atom stereocenters. The molecular weight excluding hydrogens is 497 g/mol. The summed E-state index contributed by atoms with van der Waals surface area (Å²) in [5, 5.41) is 2.75. The number of benzene rings is 2. The molecule has 3 heterocycles. The molecule has 0 aliphatic rings. The summed E-state index contributed by atoms with van der Waals surface area (Å²) in [4.78, 5) is 28.7. The molecule has 0 fully saturated rings. The molecule has 3 N–H and O–H groups in total. The van der Waals surface area contributed by atoms with Gasteiger partial charge < -0.3 is 20.4 Å². The van der Waals surface area contributed by atoms with Gasteiger partial charge in [-0.25, -0.2) is 24.3 Å². The van der Waals surface area contributed by atoms with Gasteiger partial charge in [0.25, 0.3) is 0 Å². The van der Waals surface area contributed by atoms with Gasteiger partial charge in [-0.15, -0.1) is 0 Å². The lowest BCUT2D eigenvalue weighted by Crippen LogP contribution is -2.07. The van der Waals surface area contributed by atoms with Crippen LogP contribution in [-0.2, 0) is 4.79 Å². The smallest absolute Gasteiger partial charge is 0.322 e. The number of aryl methyl sites for hydroxylation is 1. The summed E-state index contributed by atoms with van der Waals surface area (Å²) < 4.78 is 22.9. The van der Waals surface area contributed by atoms with E-state index in [9.17, 15) is 4.79 Å². The van der Waals surface area contributed by atoms with E-state index < -0.39 is 5.82 Å². The van der Waals surface area contributed by atoms with Crippen molar-refractivity contribution in [3.63, 3.8) is 0 Å². The van der Waals surface area contributed by atoms with Gasteiger partial charge in [0.1, 0.15) is 11.8 Å². The molecule has 0 aliphatic carbocycles. The normalized spacial score (nSPS) is 11.1. The average Bonchev–Trinajstić information content (AvgIpc) is 3.27. The van der Waals surface area contributed by atoms with Crippen molar-refractivity contribution < 1.29 is 13.9 Å². The Bertz CT molecular complexity index is 1710. The predicted octanol–water partition coefficient (Wildman–Crippen LogP) is 5.95. The van der Waals surface area contributed by atoms with Crippen molar-refractivity contribution in [3.8, 4) is 28.7 Å². The first kappa shape index (κ1) is 25.5. The largest absolute Gasteiger partial charge is 0.421 e. The molecule has 5 aromatic rings. The number of hydrogen-bond donors (Lipinski definition) is 2. The second-order valence-electron chi connectivity index (χ2n) is 9.18. The van der Waals surface area contributed by atoms with Crippen LogP contribution < -0.4 is 15.8 Å². The number of carbonyl (C=O) groups excluding carboxylic acids is 1. The van der Waals surface area contributed by atoms with E-state index in [1.54, 1.807) is 37.4 Å². The molecule has 196 valence electrons. The number of halogens is 1. The highest BCUT2D eigenvalue weighted by molar-refractivity contribution is 5.99. The molecule has 0 spiro atoms. The number of rotatable bonds is 7. The van der Waals surface area contributed by atoms with E-state index in [-0.39, 0.29) is 29.4 Å². The van der Waals surface area contributed by atoms with E-state index in [0.717, 1.165) is 16.8 Å². The summed E-state index contributed by atoms with van der Waals surface area (Å²) in [7, 11) is 0. The lowest BCUT2D eigenvalue weighted by atomic mass is 9.98. The Morgan fingerprint density at radius 1 is 1.13 bits per heavy atom.